The van der Waals surface area contributed by atoms with Gasteiger partial charge in [0.15, 0.2) is 9.84 Å². The van der Waals surface area contributed by atoms with Crippen molar-refractivity contribution in [2.75, 3.05) is 30.3 Å². The van der Waals surface area contributed by atoms with Crippen LogP contribution in [0.1, 0.15) is 13.3 Å². The van der Waals surface area contributed by atoms with Gasteiger partial charge >= 0.3 is 0 Å². The third-order valence-electron chi connectivity index (χ3n) is 3.68. The summed E-state index contributed by atoms with van der Waals surface area (Å²) in [6, 6.07) is 0.149. The number of thioether (sulfide) groups is 1. The van der Waals surface area contributed by atoms with Crippen molar-refractivity contribution < 1.29 is 8.42 Å². The summed E-state index contributed by atoms with van der Waals surface area (Å²) in [4.78, 5) is 2.14. The minimum atomic E-state index is -2.98. The third-order valence-corrected chi connectivity index (χ3v) is 7.01. The summed E-state index contributed by atoms with van der Waals surface area (Å²) in [5.74, 6) is 2.38. The van der Waals surface area contributed by atoms with Gasteiger partial charge in [0.1, 0.15) is 5.37 Å². The highest BCUT2D eigenvalue weighted by molar-refractivity contribution is 8.01. The van der Waals surface area contributed by atoms with Gasteiger partial charge in [-0.3, -0.25) is 4.90 Å². The van der Waals surface area contributed by atoms with E-state index in [9.17, 15) is 8.42 Å². The molecule has 6 heteroatoms. The normalized spacial score (nSPS) is 34.0. The van der Waals surface area contributed by atoms with Crippen molar-refractivity contribution in [3.63, 3.8) is 0 Å². The molecular formula is C12H22N2O2S2. The first kappa shape index (κ1) is 14.4. The second-order valence-electron chi connectivity index (χ2n) is 5.02. The molecule has 2 aliphatic rings. The lowest BCUT2D eigenvalue weighted by atomic mass is 10.1. The standard InChI is InChI=1S/C12H22N2O2S2/c1-2-18(15,16)12-9-17-6-5-14(12)8-10-3-4-11(13)7-10/h3-4,10-12H,2,5-9,13H2,1H3. The van der Waals surface area contributed by atoms with Crippen LogP contribution in [0, 0.1) is 5.92 Å². The van der Waals surface area contributed by atoms with E-state index in [4.69, 9.17) is 5.73 Å². The zero-order chi connectivity index (χ0) is 13.2. The summed E-state index contributed by atoms with van der Waals surface area (Å²) in [7, 11) is -2.98. The number of sulfone groups is 1. The fourth-order valence-electron chi connectivity index (χ4n) is 2.59. The van der Waals surface area contributed by atoms with Crippen LogP contribution >= 0.6 is 11.8 Å². The van der Waals surface area contributed by atoms with Crippen molar-refractivity contribution >= 4 is 21.6 Å². The lowest BCUT2D eigenvalue weighted by Gasteiger charge is -2.36. The van der Waals surface area contributed by atoms with E-state index in [-0.39, 0.29) is 17.2 Å². The van der Waals surface area contributed by atoms with Gasteiger partial charge < -0.3 is 5.73 Å². The molecule has 104 valence electrons. The Morgan fingerprint density at radius 1 is 1.44 bits per heavy atom. The van der Waals surface area contributed by atoms with Crippen molar-refractivity contribution in [1.82, 2.24) is 4.90 Å². The monoisotopic (exact) mass is 290 g/mol. The molecule has 0 spiro atoms. The molecule has 2 N–H and O–H groups in total. The van der Waals surface area contributed by atoms with Gasteiger partial charge in [-0.2, -0.15) is 11.8 Å². The summed E-state index contributed by atoms with van der Waals surface area (Å²) < 4.78 is 24.2. The van der Waals surface area contributed by atoms with Crippen LogP contribution in [0.5, 0.6) is 0 Å². The second kappa shape index (κ2) is 5.94. The Morgan fingerprint density at radius 3 is 2.83 bits per heavy atom. The Morgan fingerprint density at radius 2 is 2.22 bits per heavy atom. The molecule has 3 atom stereocenters. The Bertz CT molecular complexity index is 408. The fraction of sp³-hybridized carbons (Fsp3) is 0.833. The SMILES string of the molecule is CCS(=O)(=O)C1CSCCN1CC1C=CC(N)C1. The van der Waals surface area contributed by atoms with Crippen LogP contribution in [0.2, 0.25) is 0 Å². The predicted molar refractivity (Wildman–Crippen MR) is 77.4 cm³/mol. The minimum absolute atomic E-state index is 0.149. The van der Waals surface area contributed by atoms with Gasteiger partial charge in [0.05, 0.1) is 0 Å². The Balaban J connectivity index is 2.02. The van der Waals surface area contributed by atoms with Crippen LogP contribution in [0.3, 0.4) is 0 Å². The summed E-state index contributed by atoms with van der Waals surface area (Å²) >= 11 is 1.74. The van der Waals surface area contributed by atoms with E-state index in [0.717, 1.165) is 25.3 Å². The molecule has 1 saturated heterocycles. The van der Waals surface area contributed by atoms with E-state index in [0.29, 0.717) is 11.7 Å². The van der Waals surface area contributed by atoms with Gasteiger partial charge in [-0.05, 0) is 12.3 Å². The molecule has 1 heterocycles. The van der Waals surface area contributed by atoms with Crippen molar-refractivity contribution in [2.24, 2.45) is 11.7 Å². The van der Waals surface area contributed by atoms with Gasteiger partial charge in [0.25, 0.3) is 0 Å². The molecule has 18 heavy (non-hydrogen) atoms. The highest BCUT2D eigenvalue weighted by atomic mass is 32.2. The molecule has 3 unspecified atom stereocenters. The molecule has 0 aromatic carbocycles. The maximum absolute atomic E-state index is 12.1. The van der Waals surface area contributed by atoms with Crippen LogP contribution in [0.4, 0.5) is 0 Å². The molecule has 1 fully saturated rings. The first-order valence-corrected chi connectivity index (χ1v) is 9.37. The van der Waals surface area contributed by atoms with Gasteiger partial charge in [0, 0.05) is 36.4 Å². The molecule has 0 amide bonds. The van der Waals surface area contributed by atoms with Crippen LogP contribution in [-0.4, -0.2) is 55.1 Å². The average Bonchev–Trinajstić information content (AvgIpc) is 2.75. The summed E-state index contributed by atoms with van der Waals surface area (Å²) in [5.41, 5.74) is 5.85. The van der Waals surface area contributed by atoms with E-state index in [2.05, 4.69) is 11.0 Å². The van der Waals surface area contributed by atoms with E-state index in [1.165, 1.54) is 0 Å². The van der Waals surface area contributed by atoms with Gasteiger partial charge in [0.2, 0.25) is 0 Å². The zero-order valence-corrected chi connectivity index (χ0v) is 12.4. The van der Waals surface area contributed by atoms with E-state index in [1.807, 2.05) is 6.08 Å². The fourth-order valence-corrected chi connectivity index (χ4v) is 5.68. The molecule has 0 aromatic rings. The average molecular weight is 290 g/mol. The van der Waals surface area contributed by atoms with E-state index in [1.54, 1.807) is 18.7 Å². The van der Waals surface area contributed by atoms with Gasteiger partial charge in [-0.15, -0.1) is 0 Å². The van der Waals surface area contributed by atoms with Crippen molar-refractivity contribution in [2.45, 2.75) is 24.8 Å². The molecular weight excluding hydrogens is 268 g/mol. The maximum atomic E-state index is 12.1. The minimum Gasteiger partial charge on any atom is -0.324 e. The Kier molecular flexibility index (Phi) is 4.75. The lowest BCUT2D eigenvalue weighted by molar-refractivity contribution is 0.241. The van der Waals surface area contributed by atoms with Gasteiger partial charge in [-0.25, -0.2) is 8.42 Å². The van der Waals surface area contributed by atoms with Crippen LogP contribution in [0.25, 0.3) is 0 Å². The van der Waals surface area contributed by atoms with Crippen LogP contribution < -0.4 is 5.73 Å². The second-order valence-corrected chi connectivity index (χ2v) is 8.62. The number of hydrogen-bond donors (Lipinski definition) is 1. The third kappa shape index (κ3) is 3.29. The highest BCUT2D eigenvalue weighted by Crippen LogP contribution is 2.25. The molecule has 1 aliphatic carbocycles. The largest absolute Gasteiger partial charge is 0.324 e. The molecule has 2 rings (SSSR count). The maximum Gasteiger partial charge on any atom is 0.166 e. The summed E-state index contributed by atoms with van der Waals surface area (Å²) in [5, 5.41) is -0.300. The topological polar surface area (TPSA) is 63.4 Å². The molecule has 4 nitrogen and oxygen atoms in total. The summed E-state index contributed by atoms with van der Waals surface area (Å²) in [6.07, 6.45) is 5.12. The molecule has 0 bridgehead atoms. The summed E-state index contributed by atoms with van der Waals surface area (Å²) in [6.45, 7) is 3.43. The predicted octanol–water partition coefficient (Wildman–Crippen LogP) is 0.699. The quantitative estimate of drug-likeness (QED) is 0.772. The zero-order valence-electron chi connectivity index (χ0n) is 10.8. The van der Waals surface area contributed by atoms with Crippen LogP contribution in [0.15, 0.2) is 12.2 Å². The highest BCUT2D eigenvalue weighted by Gasteiger charge is 2.34. The lowest BCUT2D eigenvalue weighted by Crippen LogP contribution is -2.49. The smallest absolute Gasteiger partial charge is 0.166 e. The Hall–Kier alpha value is -0.0400. The first-order valence-electron chi connectivity index (χ1n) is 6.50. The van der Waals surface area contributed by atoms with Crippen molar-refractivity contribution in [1.29, 1.82) is 0 Å². The number of hydrogen-bond acceptors (Lipinski definition) is 5. The van der Waals surface area contributed by atoms with E-state index < -0.39 is 9.84 Å². The van der Waals surface area contributed by atoms with Crippen molar-refractivity contribution in [3.05, 3.63) is 12.2 Å². The Labute approximate surface area is 114 Å². The first-order chi connectivity index (χ1) is 8.53. The number of rotatable bonds is 4. The van der Waals surface area contributed by atoms with Crippen molar-refractivity contribution in [3.8, 4) is 0 Å². The molecule has 1 aliphatic heterocycles. The van der Waals surface area contributed by atoms with E-state index >= 15 is 0 Å². The van der Waals surface area contributed by atoms with Gasteiger partial charge in [-0.1, -0.05) is 19.1 Å². The van der Waals surface area contributed by atoms with Crippen LogP contribution in [-0.2, 0) is 9.84 Å². The molecule has 0 saturated carbocycles. The number of nitrogens with two attached hydrogens (primary N) is 1. The molecule has 0 radical (unpaired) electrons. The molecule has 0 aromatic heterocycles. The number of nitrogens with zero attached hydrogens (tertiary/aromatic N) is 1.